The third kappa shape index (κ3) is 3.10. The fraction of sp³-hybridized carbons (Fsp3) is 0.227. The highest BCUT2D eigenvalue weighted by Gasteiger charge is 2.32. The maximum atomic E-state index is 9.14. The lowest BCUT2D eigenvalue weighted by atomic mass is 10.1. The van der Waals surface area contributed by atoms with Crippen LogP contribution in [0.25, 0.3) is 22.7 Å². The summed E-state index contributed by atoms with van der Waals surface area (Å²) >= 11 is 0. The van der Waals surface area contributed by atoms with E-state index in [1.165, 1.54) is 0 Å². The van der Waals surface area contributed by atoms with Crippen molar-refractivity contribution in [3.63, 3.8) is 0 Å². The van der Waals surface area contributed by atoms with Gasteiger partial charge in [0.1, 0.15) is 5.69 Å². The van der Waals surface area contributed by atoms with Crippen LogP contribution in [0.1, 0.15) is 30.1 Å². The highest BCUT2D eigenvalue weighted by atomic mass is 16.5. The number of anilines is 1. The topological polar surface area (TPSA) is 96.7 Å². The number of nitrogens with zero attached hydrogens (tertiary/aromatic N) is 7. The van der Waals surface area contributed by atoms with E-state index in [1.807, 2.05) is 41.9 Å². The minimum absolute atomic E-state index is 0.0647. The molecule has 0 bridgehead atoms. The van der Waals surface area contributed by atoms with Gasteiger partial charge in [-0.2, -0.15) is 5.26 Å². The van der Waals surface area contributed by atoms with Gasteiger partial charge in [-0.1, -0.05) is 17.3 Å². The predicted molar refractivity (Wildman–Crippen MR) is 110 cm³/mol. The van der Waals surface area contributed by atoms with E-state index < -0.39 is 0 Å². The van der Waals surface area contributed by atoms with E-state index in [0.29, 0.717) is 11.3 Å². The van der Waals surface area contributed by atoms with Gasteiger partial charge in [0.15, 0.2) is 11.6 Å². The maximum absolute atomic E-state index is 9.14. The molecule has 3 aromatic heterocycles. The Kier molecular flexibility index (Phi) is 4.48. The third-order valence-electron chi connectivity index (χ3n) is 5.45. The summed E-state index contributed by atoms with van der Waals surface area (Å²) in [7, 11) is 1.97. The van der Waals surface area contributed by atoms with Gasteiger partial charge in [0, 0.05) is 43.2 Å². The SMILES string of the molecule is Cn1c(-c2ccncc2)nnc1N1CCCC1c1cc(-c2cccc(C#N)c2)on1. The van der Waals surface area contributed by atoms with Gasteiger partial charge in [-0.3, -0.25) is 9.55 Å². The van der Waals surface area contributed by atoms with E-state index in [-0.39, 0.29) is 6.04 Å². The van der Waals surface area contributed by atoms with Crippen LogP contribution in [0.3, 0.4) is 0 Å². The van der Waals surface area contributed by atoms with Crippen molar-refractivity contribution in [1.82, 2.24) is 24.9 Å². The monoisotopic (exact) mass is 397 g/mol. The van der Waals surface area contributed by atoms with Crippen LogP contribution < -0.4 is 4.90 Å². The van der Waals surface area contributed by atoms with Gasteiger partial charge < -0.3 is 9.42 Å². The second-order valence-electron chi connectivity index (χ2n) is 7.28. The van der Waals surface area contributed by atoms with Crippen LogP contribution in [0.5, 0.6) is 0 Å². The van der Waals surface area contributed by atoms with Crippen LogP contribution in [-0.4, -0.2) is 31.4 Å². The summed E-state index contributed by atoms with van der Waals surface area (Å²) in [4.78, 5) is 6.30. The average molecular weight is 397 g/mol. The fourth-order valence-electron chi connectivity index (χ4n) is 3.96. The molecule has 0 amide bonds. The first-order valence-corrected chi connectivity index (χ1v) is 9.78. The first-order valence-electron chi connectivity index (χ1n) is 9.78. The molecule has 5 rings (SSSR count). The standard InChI is InChI=1S/C22H19N7O/c1-28-21(16-7-9-24-10-8-16)25-26-22(28)29-11-3-6-19(29)18-13-20(30-27-18)17-5-2-4-15(12-17)14-23/h2,4-5,7-10,12-13,19H,3,6,11H2,1H3. The molecule has 4 heterocycles. The van der Waals surface area contributed by atoms with E-state index in [2.05, 4.69) is 31.3 Å². The van der Waals surface area contributed by atoms with Gasteiger partial charge in [-0.05, 0) is 37.1 Å². The van der Waals surface area contributed by atoms with E-state index in [4.69, 9.17) is 9.78 Å². The van der Waals surface area contributed by atoms with Crippen molar-refractivity contribution in [2.75, 3.05) is 11.4 Å². The Hall–Kier alpha value is -3.99. The second kappa shape index (κ2) is 7.44. The molecule has 1 unspecified atom stereocenters. The summed E-state index contributed by atoms with van der Waals surface area (Å²) in [5.41, 5.74) is 3.27. The van der Waals surface area contributed by atoms with Crippen LogP contribution in [0.4, 0.5) is 5.95 Å². The zero-order valence-electron chi connectivity index (χ0n) is 16.4. The van der Waals surface area contributed by atoms with E-state index >= 15 is 0 Å². The van der Waals surface area contributed by atoms with Crippen LogP contribution in [0.15, 0.2) is 59.4 Å². The van der Waals surface area contributed by atoms with Crippen LogP contribution in [0.2, 0.25) is 0 Å². The highest BCUT2D eigenvalue weighted by Crippen LogP contribution is 2.37. The molecule has 0 saturated carbocycles. The van der Waals surface area contributed by atoms with E-state index in [1.54, 1.807) is 24.5 Å². The van der Waals surface area contributed by atoms with Gasteiger partial charge >= 0.3 is 0 Å². The summed E-state index contributed by atoms with van der Waals surface area (Å²) in [6, 6.07) is 15.4. The molecule has 8 heteroatoms. The van der Waals surface area contributed by atoms with Crippen LogP contribution in [0, 0.1) is 11.3 Å². The van der Waals surface area contributed by atoms with Gasteiger partial charge in [0.25, 0.3) is 0 Å². The first kappa shape index (κ1) is 18.1. The average Bonchev–Trinajstić information content (AvgIpc) is 3.53. The second-order valence-corrected chi connectivity index (χ2v) is 7.28. The predicted octanol–water partition coefficient (Wildman–Crippen LogP) is 3.75. The van der Waals surface area contributed by atoms with E-state index in [0.717, 1.165) is 48.0 Å². The molecule has 0 spiro atoms. The van der Waals surface area contributed by atoms with Crippen molar-refractivity contribution in [2.45, 2.75) is 18.9 Å². The van der Waals surface area contributed by atoms with Gasteiger partial charge in [-0.15, -0.1) is 10.2 Å². The molecule has 1 aromatic carbocycles. The Labute approximate surface area is 173 Å². The van der Waals surface area contributed by atoms with Crippen molar-refractivity contribution >= 4 is 5.95 Å². The largest absolute Gasteiger partial charge is 0.356 e. The molecule has 148 valence electrons. The zero-order chi connectivity index (χ0) is 20.5. The molecule has 1 saturated heterocycles. The Balaban J connectivity index is 1.45. The van der Waals surface area contributed by atoms with E-state index in [9.17, 15) is 0 Å². The summed E-state index contributed by atoms with van der Waals surface area (Å²) < 4.78 is 7.62. The van der Waals surface area contributed by atoms with Crippen molar-refractivity contribution in [1.29, 1.82) is 5.26 Å². The van der Waals surface area contributed by atoms with Crippen LogP contribution >= 0.6 is 0 Å². The molecular weight excluding hydrogens is 378 g/mol. The Morgan fingerprint density at radius 3 is 2.80 bits per heavy atom. The molecule has 4 aromatic rings. The molecule has 8 nitrogen and oxygen atoms in total. The van der Waals surface area contributed by atoms with Gasteiger partial charge in [0.2, 0.25) is 5.95 Å². The Morgan fingerprint density at radius 1 is 1.10 bits per heavy atom. The number of rotatable bonds is 4. The first-order chi connectivity index (χ1) is 14.7. The van der Waals surface area contributed by atoms with Crippen molar-refractivity contribution < 1.29 is 4.52 Å². The Morgan fingerprint density at radius 2 is 1.97 bits per heavy atom. The van der Waals surface area contributed by atoms with Gasteiger partial charge in [0.05, 0.1) is 17.7 Å². The lowest BCUT2D eigenvalue weighted by molar-refractivity contribution is 0.416. The number of aromatic nitrogens is 5. The normalized spacial score (nSPS) is 16.0. The molecule has 0 N–H and O–H groups in total. The van der Waals surface area contributed by atoms with Crippen molar-refractivity contribution in [2.24, 2.45) is 7.05 Å². The van der Waals surface area contributed by atoms with Crippen molar-refractivity contribution in [3.05, 3.63) is 66.1 Å². The molecular formula is C22H19N7O. The summed E-state index contributed by atoms with van der Waals surface area (Å²) in [6.45, 7) is 0.874. The Bertz CT molecular complexity index is 1220. The molecule has 1 fully saturated rings. The molecule has 1 aliphatic heterocycles. The quantitative estimate of drug-likeness (QED) is 0.517. The minimum Gasteiger partial charge on any atom is -0.356 e. The number of nitriles is 1. The van der Waals surface area contributed by atoms with Crippen LogP contribution in [-0.2, 0) is 7.05 Å². The third-order valence-corrected chi connectivity index (χ3v) is 5.45. The number of pyridine rings is 1. The number of hydrogen-bond acceptors (Lipinski definition) is 7. The van der Waals surface area contributed by atoms with Gasteiger partial charge in [-0.25, -0.2) is 0 Å². The lowest BCUT2D eigenvalue weighted by Crippen LogP contribution is -2.25. The maximum Gasteiger partial charge on any atom is 0.227 e. The molecule has 0 aliphatic carbocycles. The number of benzene rings is 1. The summed E-state index contributed by atoms with van der Waals surface area (Å²) in [6.07, 6.45) is 5.50. The molecule has 1 aliphatic rings. The molecule has 30 heavy (non-hydrogen) atoms. The molecule has 0 radical (unpaired) electrons. The summed E-state index contributed by atoms with van der Waals surface area (Å²) in [5.74, 6) is 2.26. The van der Waals surface area contributed by atoms with Crippen molar-refractivity contribution in [3.8, 4) is 28.8 Å². The smallest absolute Gasteiger partial charge is 0.227 e. The number of hydrogen-bond donors (Lipinski definition) is 0. The highest BCUT2D eigenvalue weighted by molar-refractivity contribution is 5.61. The fourth-order valence-corrected chi connectivity index (χ4v) is 3.96. The minimum atomic E-state index is 0.0647. The summed E-state index contributed by atoms with van der Waals surface area (Å²) in [5, 5.41) is 22.3. The molecule has 1 atom stereocenters. The zero-order valence-corrected chi connectivity index (χ0v) is 16.4. The lowest BCUT2D eigenvalue weighted by Gasteiger charge is -2.23.